The number of aryl methyl sites for hydroxylation is 3. The molecule has 0 aliphatic rings. The van der Waals surface area contributed by atoms with Crippen molar-refractivity contribution in [1.82, 2.24) is 25.0 Å². The quantitative estimate of drug-likeness (QED) is 0.476. The smallest absolute Gasteiger partial charge is 0.226 e. The van der Waals surface area contributed by atoms with Crippen LogP contribution in [0.25, 0.3) is 17.1 Å². The van der Waals surface area contributed by atoms with E-state index in [1.807, 2.05) is 6.07 Å². The summed E-state index contributed by atoms with van der Waals surface area (Å²) in [7, 11) is 0. The van der Waals surface area contributed by atoms with E-state index in [4.69, 9.17) is 4.42 Å². The maximum atomic E-state index is 5.47. The van der Waals surface area contributed by atoms with Crippen LogP contribution in [-0.2, 0) is 5.75 Å². The molecule has 0 fully saturated rings. The van der Waals surface area contributed by atoms with Crippen LogP contribution in [0.5, 0.6) is 0 Å². The molecule has 2 heterocycles. The van der Waals surface area contributed by atoms with Crippen molar-refractivity contribution >= 4 is 11.8 Å². The van der Waals surface area contributed by atoms with Crippen LogP contribution < -0.4 is 0 Å². The molecule has 0 saturated carbocycles. The first-order valence-electron chi connectivity index (χ1n) is 8.61. The zero-order valence-corrected chi connectivity index (χ0v) is 16.2. The highest BCUT2D eigenvalue weighted by Gasteiger charge is 2.17. The van der Waals surface area contributed by atoms with Gasteiger partial charge in [-0.25, -0.2) is 0 Å². The number of rotatable bonds is 5. The summed E-state index contributed by atoms with van der Waals surface area (Å²) < 4.78 is 7.54. The lowest BCUT2D eigenvalue weighted by Gasteiger charge is -2.10. The number of hydrogen-bond acceptors (Lipinski definition) is 6. The summed E-state index contributed by atoms with van der Waals surface area (Å²) in [5.41, 5.74) is 4.44. The second kappa shape index (κ2) is 7.36. The molecule has 0 radical (unpaired) electrons. The minimum Gasteiger partial charge on any atom is -0.425 e. The number of hydrogen-bond donors (Lipinski definition) is 0. The third kappa shape index (κ3) is 3.78. The molecular weight excluding hydrogens is 358 g/mol. The van der Waals surface area contributed by atoms with Gasteiger partial charge in [0.25, 0.3) is 0 Å². The molecule has 0 N–H and O–H groups in total. The van der Waals surface area contributed by atoms with Gasteiger partial charge in [-0.1, -0.05) is 53.2 Å². The lowest BCUT2D eigenvalue weighted by molar-refractivity contribution is 0.485. The van der Waals surface area contributed by atoms with Crippen molar-refractivity contribution in [2.75, 3.05) is 0 Å². The minimum absolute atomic E-state index is 0.540. The average Bonchev–Trinajstić information content (AvgIpc) is 3.27. The molecule has 0 amide bonds. The Labute approximate surface area is 161 Å². The molecule has 136 valence electrons. The zero-order valence-electron chi connectivity index (χ0n) is 15.4. The van der Waals surface area contributed by atoms with Crippen molar-refractivity contribution < 1.29 is 4.42 Å². The van der Waals surface area contributed by atoms with Crippen molar-refractivity contribution in [2.24, 2.45) is 0 Å². The van der Waals surface area contributed by atoms with E-state index < -0.39 is 0 Å². The van der Waals surface area contributed by atoms with Crippen LogP contribution in [0.2, 0.25) is 0 Å². The van der Waals surface area contributed by atoms with Gasteiger partial charge in [0.2, 0.25) is 11.8 Å². The van der Waals surface area contributed by atoms with E-state index in [1.54, 1.807) is 6.92 Å². The number of aromatic nitrogens is 5. The number of thioether (sulfide) groups is 1. The Hall–Kier alpha value is -2.93. The van der Waals surface area contributed by atoms with E-state index in [9.17, 15) is 0 Å². The first-order chi connectivity index (χ1) is 13.1. The molecule has 0 aliphatic carbocycles. The van der Waals surface area contributed by atoms with Crippen molar-refractivity contribution in [3.05, 3.63) is 71.4 Å². The van der Waals surface area contributed by atoms with Gasteiger partial charge in [-0.15, -0.1) is 20.4 Å². The Morgan fingerprint density at radius 2 is 1.70 bits per heavy atom. The normalized spacial score (nSPS) is 11.1. The van der Waals surface area contributed by atoms with Crippen LogP contribution >= 0.6 is 11.8 Å². The third-order valence-corrected chi connectivity index (χ3v) is 5.01. The van der Waals surface area contributed by atoms with Gasteiger partial charge in [-0.05, 0) is 32.0 Å². The topological polar surface area (TPSA) is 69.6 Å². The predicted molar refractivity (Wildman–Crippen MR) is 105 cm³/mol. The Morgan fingerprint density at radius 1 is 0.889 bits per heavy atom. The molecule has 0 aliphatic heterocycles. The van der Waals surface area contributed by atoms with E-state index in [2.05, 4.69) is 81.3 Å². The van der Waals surface area contributed by atoms with E-state index in [0.29, 0.717) is 17.5 Å². The molecule has 2 aromatic carbocycles. The van der Waals surface area contributed by atoms with E-state index in [1.165, 1.54) is 22.9 Å². The summed E-state index contributed by atoms with van der Waals surface area (Å²) in [6.07, 6.45) is 0. The SMILES string of the molecule is Cc1ccc(-n2c(SCc3nnc(C)o3)nnc2-c2cccc(C)c2)cc1. The molecular formula is C20H19N5OS. The Bertz CT molecular complexity index is 1070. The van der Waals surface area contributed by atoms with Crippen LogP contribution in [0.15, 0.2) is 58.1 Å². The van der Waals surface area contributed by atoms with Crippen LogP contribution in [0.1, 0.15) is 22.9 Å². The Kier molecular flexibility index (Phi) is 4.77. The largest absolute Gasteiger partial charge is 0.425 e. The lowest BCUT2D eigenvalue weighted by Crippen LogP contribution is -2.00. The Morgan fingerprint density at radius 3 is 2.41 bits per heavy atom. The van der Waals surface area contributed by atoms with Crippen LogP contribution in [0.4, 0.5) is 0 Å². The number of benzene rings is 2. The van der Waals surface area contributed by atoms with E-state index in [-0.39, 0.29) is 0 Å². The van der Waals surface area contributed by atoms with Gasteiger partial charge in [0.1, 0.15) is 0 Å². The van der Waals surface area contributed by atoms with Gasteiger partial charge < -0.3 is 4.42 Å². The van der Waals surface area contributed by atoms with Crippen LogP contribution in [0, 0.1) is 20.8 Å². The second-order valence-electron chi connectivity index (χ2n) is 6.35. The highest BCUT2D eigenvalue weighted by atomic mass is 32.2. The first kappa shape index (κ1) is 17.5. The molecule has 0 bridgehead atoms. The third-order valence-electron chi connectivity index (χ3n) is 4.09. The fourth-order valence-corrected chi connectivity index (χ4v) is 3.57. The molecule has 0 unspecified atom stereocenters. The molecule has 6 nitrogen and oxygen atoms in total. The second-order valence-corrected chi connectivity index (χ2v) is 7.29. The molecule has 0 spiro atoms. The lowest BCUT2D eigenvalue weighted by atomic mass is 10.1. The highest BCUT2D eigenvalue weighted by Crippen LogP contribution is 2.30. The maximum absolute atomic E-state index is 5.47. The molecule has 0 atom stereocenters. The molecule has 4 aromatic rings. The monoisotopic (exact) mass is 377 g/mol. The molecule has 0 saturated heterocycles. The molecule has 7 heteroatoms. The van der Waals surface area contributed by atoms with E-state index >= 15 is 0 Å². The molecule has 27 heavy (non-hydrogen) atoms. The number of nitrogens with zero attached hydrogens (tertiary/aromatic N) is 5. The van der Waals surface area contributed by atoms with Gasteiger partial charge in [0.15, 0.2) is 11.0 Å². The molecule has 4 rings (SSSR count). The maximum Gasteiger partial charge on any atom is 0.226 e. The average molecular weight is 377 g/mol. The van der Waals surface area contributed by atoms with Crippen LogP contribution in [0.3, 0.4) is 0 Å². The predicted octanol–water partition coefficient (Wildman–Crippen LogP) is 4.53. The van der Waals surface area contributed by atoms with Crippen LogP contribution in [-0.4, -0.2) is 25.0 Å². The standard InChI is InChI=1S/C20H19N5OS/c1-13-7-9-17(10-8-13)25-19(16-6-4-5-14(2)11-16)23-24-20(25)27-12-18-22-21-15(3)26-18/h4-11H,12H2,1-3H3. The summed E-state index contributed by atoms with van der Waals surface area (Å²) >= 11 is 1.53. The summed E-state index contributed by atoms with van der Waals surface area (Å²) in [6.45, 7) is 5.93. The first-order valence-corrected chi connectivity index (χ1v) is 9.60. The summed E-state index contributed by atoms with van der Waals surface area (Å²) in [5.74, 6) is 2.49. The van der Waals surface area contributed by atoms with Crippen molar-refractivity contribution in [1.29, 1.82) is 0 Å². The fraction of sp³-hybridized carbons (Fsp3) is 0.200. The van der Waals surface area contributed by atoms with E-state index in [0.717, 1.165) is 22.2 Å². The molecule has 2 aromatic heterocycles. The summed E-state index contributed by atoms with van der Waals surface area (Å²) in [4.78, 5) is 0. The fourth-order valence-electron chi connectivity index (χ4n) is 2.78. The zero-order chi connectivity index (χ0) is 18.8. The van der Waals surface area contributed by atoms with Crippen molar-refractivity contribution in [2.45, 2.75) is 31.7 Å². The van der Waals surface area contributed by atoms with Gasteiger partial charge in [-0.3, -0.25) is 4.57 Å². The minimum atomic E-state index is 0.540. The van der Waals surface area contributed by atoms with Crippen molar-refractivity contribution in [3.63, 3.8) is 0 Å². The highest BCUT2D eigenvalue weighted by molar-refractivity contribution is 7.98. The van der Waals surface area contributed by atoms with Gasteiger partial charge in [0, 0.05) is 18.2 Å². The summed E-state index contributed by atoms with van der Waals surface area (Å²) in [6, 6.07) is 16.6. The Balaban J connectivity index is 1.75. The van der Waals surface area contributed by atoms with Gasteiger partial charge in [0.05, 0.1) is 5.75 Å². The van der Waals surface area contributed by atoms with Gasteiger partial charge in [-0.2, -0.15) is 0 Å². The summed E-state index contributed by atoms with van der Waals surface area (Å²) in [5, 5.41) is 17.6. The van der Waals surface area contributed by atoms with Crippen molar-refractivity contribution in [3.8, 4) is 17.1 Å². The van der Waals surface area contributed by atoms with Gasteiger partial charge >= 0.3 is 0 Å².